The Balaban J connectivity index is 1.62. The number of aromatic nitrogens is 4. The largest absolute Gasteiger partial charge is 0.370 e. The van der Waals surface area contributed by atoms with Crippen LogP contribution in [0.2, 0.25) is 0 Å². The molecule has 0 N–H and O–H groups in total. The molecule has 0 aliphatic carbocycles. The second kappa shape index (κ2) is 6.13. The summed E-state index contributed by atoms with van der Waals surface area (Å²) in [6, 6.07) is 6.03. The lowest BCUT2D eigenvalue weighted by molar-refractivity contribution is -0.127. The Hall–Kier alpha value is -2.60. The fourth-order valence-electron chi connectivity index (χ4n) is 3.00. The third-order valence-corrected chi connectivity index (χ3v) is 4.29. The van der Waals surface area contributed by atoms with E-state index in [-0.39, 0.29) is 18.3 Å². The number of hydrogen-bond donors (Lipinski definition) is 0. The number of carbonyl (C=O) groups is 1. The molecule has 0 radical (unpaired) electrons. The summed E-state index contributed by atoms with van der Waals surface area (Å²) in [6.45, 7) is 0.670. The van der Waals surface area contributed by atoms with Crippen LogP contribution in [0.15, 0.2) is 36.8 Å². The highest BCUT2D eigenvalue weighted by atomic mass is 16.5. The number of Topliss-reactive ketones (excluding diaryl/α,β-unsaturated/α-hetero) is 1. The molecule has 1 aliphatic rings. The molecule has 1 saturated heterocycles. The van der Waals surface area contributed by atoms with Crippen LogP contribution in [0.25, 0.3) is 22.0 Å². The second-order valence-electron chi connectivity index (χ2n) is 6.11. The van der Waals surface area contributed by atoms with Crippen LogP contribution in [0.4, 0.5) is 0 Å². The summed E-state index contributed by atoms with van der Waals surface area (Å²) >= 11 is 0. The zero-order chi connectivity index (χ0) is 16.5. The Labute approximate surface area is 139 Å². The topological polar surface area (TPSA) is 69.9 Å². The summed E-state index contributed by atoms with van der Waals surface area (Å²) < 4.78 is 7.21. The maximum absolute atomic E-state index is 12.2. The Morgan fingerprint density at radius 3 is 3.00 bits per heavy atom. The minimum absolute atomic E-state index is 0.0651. The van der Waals surface area contributed by atoms with Gasteiger partial charge in [0.15, 0.2) is 5.78 Å². The van der Waals surface area contributed by atoms with E-state index in [1.165, 1.54) is 0 Å². The lowest BCUT2D eigenvalue weighted by Gasteiger charge is -2.08. The predicted octanol–water partition coefficient (Wildman–Crippen LogP) is 2.32. The minimum atomic E-state index is -0.286. The number of rotatable bonds is 4. The molecule has 1 atom stereocenters. The van der Waals surface area contributed by atoms with Gasteiger partial charge in [0, 0.05) is 37.0 Å². The van der Waals surface area contributed by atoms with Gasteiger partial charge in [0.05, 0.1) is 18.1 Å². The lowest BCUT2D eigenvalue weighted by atomic mass is 10.1. The SMILES string of the molecule is Cn1cc(-c2ccc3cnc(CC(=O)[C@@H]4CCCO4)nc3c2)cn1. The van der Waals surface area contributed by atoms with Gasteiger partial charge in [0.2, 0.25) is 0 Å². The van der Waals surface area contributed by atoms with Crippen molar-refractivity contribution >= 4 is 16.7 Å². The standard InChI is InChI=1S/C18H18N4O2/c1-22-11-14(10-20-22)12-4-5-13-9-19-18(21-15(13)7-12)8-16(23)17-3-2-6-24-17/h4-5,7,9-11,17H,2-3,6,8H2,1H3/t17-/m0/s1. The maximum atomic E-state index is 12.2. The van der Waals surface area contributed by atoms with Crippen molar-refractivity contribution in [3.05, 3.63) is 42.6 Å². The molecule has 2 aromatic heterocycles. The van der Waals surface area contributed by atoms with Gasteiger partial charge >= 0.3 is 0 Å². The van der Waals surface area contributed by atoms with Gasteiger partial charge in [-0.05, 0) is 24.5 Å². The number of benzene rings is 1. The summed E-state index contributed by atoms with van der Waals surface area (Å²) in [6.07, 6.45) is 7.24. The first kappa shape index (κ1) is 15.0. The van der Waals surface area contributed by atoms with Crippen molar-refractivity contribution in [3.8, 4) is 11.1 Å². The summed E-state index contributed by atoms with van der Waals surface area (Å²) in [7, 11) is 1.89. The fraction of sp³-hybridized carbons (Fsp3) is 0.333. The Bertz CT molecular complexity index is 897. The van der Waals surface area contributed by atoms with Gasteiger partial charge in [-0.25, -0.2) is 9.97 Å². The normalized spacial score (nSPS) is 17.5. The number of fused-ring (bicyclic) bond motifs is 1. The molecule has 6 heteroatoms. The molecular weight excluding hydrogens is 304 g/mol. The van der Waals surface area contributed by atoms with E-state index < -0.39 is 0 Å². The molecule has 3 aromatic rings. The molecule has 3 heterocycles. The highest BCUT2D eigenvalue weighted by molar-refractivity contribution is 5.86. The van der Waals surface area contributed by atoms with E-state index in [1.54, 1.807) is 10.9 Å². The molecule has 0 amide bonds. The van der Waals surface area contributed by atoms with E-state index in [0.717, 1.165) is 34.9 Å². The molecule has 1 fully saturated rings. The zero-order valence-corrected chi connectivity index (χ0v) is 13.5. The number of aryl methyl sites for hydroxylation is 1. The van der Waals surface area contributed by atoms with Gasteiger partial charge in [0.25, 0.3) is 0 Å². The smallest absolute Gasteiger partial charge is 0.169 e. The first-order valence-electron chi connectivity index (χ1n) is 8.08. The number of hydrogen-bond acceptors (Lipinski definition) is 5. The van der Waals surface area contributed by atoms with E-state index in [4.69, 9.17) is 4.74 Å². The third kappa shape index (κ3) is 2.92. The van der Waals surface area contributed by atoms with Crippen molar-refractivity contribution < 1.29 is 9.53 Å². The Morgan fingerprint density at radius 2 is 2.25 bits per heavy atom. The molecule has 0 spiro atoms. The van der Waals surface area contributed by atoms with Gasteiger partial charge < -0.3 is 4.74 Å². The monoisotopic (exact) mass is 322 g/mol. The maximum Gasteiger partial charge on any atom is 0.169 e. The van der Waals surface area contributed by atoms with Gasteiger partial charge in [-0.3, -0.25) is 9.48 Å². The Morgan fingerprint density at radius 1 is 1.33 bits per heavy atom. The molecule has 0 saturated carbocycles. The Kier molecular flexibility index (Phi) is 3.82. The van der Waals surface area contributed by atoms with E-state index in [2.05, 4.69) is 15.1 Å². The quantitative estimate of drug-likeness (QED) is 0.737. The molecule has 24 heavy (non-hydrogen) atoms. The summed E-state index contributed by atoms with van der Waals surface area (Å²) in [5.74, 6) is 0.613. The van der Waals surface area contributed by atoms with Gasteiger partial charge in [-0.15, -0.1) is 0 Å². The number of nitrogens with zero attached hydrogens (tertiary/aromatic N) is 4. The van der Waals surface area contributed by atoms with Gasteiger partial charge in [-0.2, -0.15) is 5.10 Å². The number of carbonyl (C=O) groups excluding carboxylic acids is 1. The minimum Gasteiger partial charge on any atom is -0.370 e. The van der Waals surface area contributed by atoms with Gasteiger partial charge in [-0.1, -0.05) is 12.1 Å². The third-order valence-electron chi connectivity index (χ3n) is 4.29. The zero-order valence-electron chi connectivity index (χ0n) is 13.5. The van der Waals surface area contributed by atoms with Crippen LogP contribution < -0.4 is 0 Å². The lowest BCUT2D eigenvalue weighted by Crippen LogP contribution is -2.22. The van der Waals surface area contributed by atoms with Crippen LogP contribution in [0, 0.1) is 0 Å². The van der Waals surface area contributed by atoms with Crippen molar-refractivity contribution in [1.29, 1.82) is 0 Å². The predicted molar refractivity (Wildman–Crippen MR) is 89.4 cm³/mol. The second-order valence-corrected chi connectivity index (χ2v) is 6.11. The van der Waals surface area contributed by atoms with E-state index in [1.807, 2.05) is 37.6 Å². The molecule has 4 rings (SSSR count). The highest BCUT2D eigenvalue weighted by Crippen LogP contribution is 2.23. The average molecular weight is 322 g/mol. The highest BCUT2D eigenvalue weighted by Gasteiger charge is 2.24. The fourth-order valence-corrected chi connectivity index (χ4v) is 3.00. The van der Waals surface area contributed by atoms with Crippen LogP contribution in [-0.2, 0) is 23.0 Å². The summed E-state index contributed by atoms with van der Waals surface area (Å²) in [5, 5.41) is 5.15. The molecule has 6 nitrogen and oxygen atoms in total. The van der Waals surface area contributed by atoms with Crippen LogP contribution in [0.3, 0.4) is 0 Å². The van der Waals surface area contributed by atoms with E-state index in [9.17, 15) is 4.79 Å². The van der Waals surface area contributed by atoms with Crippen molar-refractivity contribution in [1.82, 2.24) is 19.7 Å². The first-order chi connectivity index (χ1) is 11.7. The number of ketones is 1. The van der Waals surface area contributed by atoms with E-state index >= 15 is 0 Å². The summed E-state index contributed by atoms with van der Waals surface area (Å²) in [4.78, 5) is 21.1. The molecule has 1 aromatic carbocycles. The van der Waals surface area contributed by atoms with Crippen LogP contribution in [-0.4, -0.2) is 38.2 Å². The summed E-state index contributed by atoms with van der Waals surface area (Å²) in [5.41, 5.74) is 2.92. The van der Waals surface area contributed by atoms with Crippen LogP contribution in [0.1, 0.15) is 18.7 Å². The molecule has 122 valence electrons. The molecule has 0 bridgehead atoms. The van der Waals surface area contributed by atoms with Crippen molar-refractivity contribution in [2.24, 2.45) is 7.05 Å². The first-order valence-corrected chi connectivity index (χ1v) is 8.08. The van der Waals surface area contributed by atoms with Crippen LogP contribution >= 0.6 is 0 Å². The molecular formula is C18H18N4O2. The van der Waals surface area contributed by atoms with Gasteiger partial charge in [0.1, 0.15) is 11.9 Å². The van der Waals surface area contributed by atoms with Crippen molar-refractivity contribution in [2.75, 3.05) is 6.61 Å². The average Bonchev–Trinajstić information content (AvgIpc) is 3.25. The van der Waals surface area contributed by atoms with Crippen molar-refractivity contribution in [3.63, 3.8) is 0 Å². The van der Waals surface area contributed by atoms with Crippen molar-refractivity contribution in [2.45, 2.75) is 25.4 Å². The molecule has 0 unspecified atom stereocenters. The van der Waals surface area contributed by atoms with E-state index in [0.29, 0.717) is 12.4 Å². The number of ether oxygens (including phenoxy) is 1. The van der Waals surface area contributed by atoms with Crippen LogP contribution in [0.5, 0.6) is 0 Å². The molecule has 1 aliphatic heterocycles.